The van der Waals surface area contributed by atoms with Crippen molar-refractivity contribution < 1.29 is 13.8 Å². The first-order valence-electron chi connectivity index (χ1n) is 26.6. The minimum absolute atomic E-state index is 0.00153. The van der Waals surface area contributed by atoms with Crippen molar-refractivity contribution in [2.24, 2.45) is 0 Å². The monoisotopic (exact) mass is 1020 g/mol. The van der Waals surface area contributed by atoms with E-state index in [2.05, 4.69) is 282 Å². The Morgan fingerprint density at radius 1 is 0.351 bits per heavy atom. The van der Waals surface area contributed by atoms with E-state index in [0.717, 1.165) is 67.0 Å². The summed E-state index contributed by atoms with van der Waals surface area (Å²) in [6, 6.07) is 46.7. The average Bonchev–Trinajstić information content (AvgIpc) is 3.27. The topological polar surface area (TPSA) is 27.7 Å². The van der Waals surface area contributed by atoms with Crippen LogP contribution >= 0.6 is 17.6 Å². The zero-order valence-corrected chi connectivity index (χ0v) is 50.9. The van der Waals surface area contributed by atoms with Gasteiger partial charge in [-0.1, -0.05) is 222 Å². The molecule has 0 N–H and O–H groups in total. The van der Waals surface area contributed by atoms with Gasteiger partial charge in [-0.3, -0.25) is 0 Å². The maximum atomic E-state index is 7.32. The van der Waals surface area contributed by atoms with E-state index in [9.17, 15) is 0 Å². The third-order valence-corrected chi connectivity index (χ3v) is 16.2. The highest BCUT2D eigenvalue weighted by Gasteiger charge is 2.32. The third-order valence-electron chi connectivity index (χ3n) is 14.3. The number of hydrogen-bond donors (Lipinski definition) is 0. The molecule has 1 unspecified atom stereocenters. The van der Waals surface area contributed by atoms with E-state index in [1.165, 1.54) is 50.1 Å². The molecule has 0 saturated heterocycles. The van der Waals surface area contributed by atoms with E-state index in [4.69, 9.17) is 13.8 Å². The first kappa shape index (κ1) is 56.5. The van der Waals surface area contributed by atoms with Gasteiger partial charge in [-0.2, -0.15) is 0 Å². The van der Waals surface area contributed by atoms with E-state index in [-0.39, 0.29) is 32.5 Å². The smallest absolute Gasteiger partial charge is 0.326 e. The van der Waals surface area contributed by atoms with E-state index >= 15 is 0 Å². The molecule has 0 radical (unpaired) electrons. The highest BCUT2D eigenvalue weighted by molar-refractivity contribution is 7.56. The number of rotatable bonds is 10. The third kappa shape index (κ3) is 12.6. The number of aryl methyl sites for hydroxylation is 3. The maximum absolute atomic E-state index is 7.32. The van der Waals surface area contributed by atoms with Crippen LogP contribution in [0.3, 0.4) is 0 Å². The molecular weight excluding hydrogens is 939 g/mol. The van der Waals surface area contributed by atoms with Crippen molar-refractivity contribution >= 4 is 28.2 Å². The molecule has 7 aromatic carbocycles. The van der Waals surface area contributed by atoms with Gasteiger partial charge in [0.05, 0.1) is 5.30 Å². The summed E-state index contributed by atoms with van der Waals surface area (Å²) < 4.78 is 21.9. The Bertz CT molecular complexity index is 3050. The second-order valence-corrected chi connectivity index (χ2v) is 28.9. The van der Waals surface area contributed by atoms with Crippen LogP contribution in [0.15, 0.2) is 127 Å². The molecule has 7 aromatic rings. The van der Waals surface area contributed by atoms with Crippen molar-refractivity contribution in [3.8, 4) is 56.4 Å². The van der Waals surface area contributed by atoms with Crippen molar-refractivity contribution in [1.82, 2.24) is 0 Å². The fourth-order valence-corrected chi connectivity index (χ4v) is 11.9. The van der Waals surface area contributed by atoms with Gasteiger partial charge in [0.2, 0.25) is 0 Å². The van der Waals surface area contributed by atoms with Gasteiger partial charge >= 0.3 is 8.38 Å². The largest absolute Gasteiger partial charge is 0.456 e. The number of ether oxygens (including phenoxy) is 1. The Labute approximate surface area is 451 Å². The molecule has 5 heteroatoms. The number of benzene rings is 7. The van der Waals surface area contributed by atoms with Gasteiger partial charge in [-0.05, 0) is 145 Å². The Kier molecular flexibility index (Phi) is 15.8. The van der Waals surface area contributed by atoms with E-state index in [1.807, 2.05) is 0 Å². The van der Waals surface area contributed by atoms with Gasteiger partial charge in [0.15, 0.2) is 0 Å². The summed E-state index contributed by atoms with van der Waals surface area (Å²) in [6.07, 6.45) is 0. The first-order chi connectivity index (χ1) is 34.1. The van der Waals surface area contributed by atoms with Crippen LogP contribution in [0.1, 0.15) is 175 Å². The van der Waals surface area contributed by atoms with Crippen LogP contribution in [0.5, 0.6) is 23.0 Å². The minimum atomic E-state index is -1.64. The van der Waals surface area contributed by atoms with Crippen LogP contribution in [-0.2, 0) is 32.5 Å². The standard InChI is InChI=1S/C69H86O3P2/c1-43-37-58(55(67(13,14)15)40-52(43)64(4,5)6)70-63-61(73)36-35-51(48-25-23-22-24-26-48)62(63)49-29-27-46(28-30-49)47-31-33-50(34-32-47)74(71-59-38-44(2)53(65(7,8)9)41-56(59)68(16,17)18)72-60-39-45(3)54(66(10,11)12)42-57(60)69(19,20)21/h22-42H,73H2,1-21H3. The molecule has 0 aliphatic carbocycles. The van der Waals surface area contributed by atoms with Crippen molar-refractivity contribution in [1.29, 1.82) is 0 Å². The lowest BCUT2D eigenvalue weighted by Crippen LogP contribution is -2.21. The van der Waals surface area contributed by atoms with Gasteiger partial charge in [0.25, 0.3) is 0 Å². The van der Waals surface area contributed by atoms with E-state index < -0.39 is 8.38 Å². The molecule has 0 spiro atoms. The second kappa shape index (κ2) is 20.7. The molecule has 0 amide bonds. The molecule has 0 aliphatic rings. The van der Waals surface area contributed by atoms with Gasteiger partial charge in [-0.25, -0.2) is 0 Å². The predicted octanol–water partition coefficient (Wildman–Crippen LogP) is 19.8. The average molecular weight is 1030 g/mol. The van der Waals surface area contributed by atoms with Gasteiger partial charge in [0, 0.05) is 27.6 Å². The van der Waals surface area contributed by atoms with Gasteiger partial charge in [-0.15, -0.1) is 9.24 Å². The highest BCUT2D eigenvalue weighted by atomic mass is 31.2. The first-order valence-corrected chi connectivity index (χ1v) is 28.4. The summed E-state index contributed by atoms with van der Waals surface area (Å²) in [5, 5.41) is 2.00. The molecule has 0 heterocycles. The molecule has 7 rings (SSSR count). The van der Waals surface area contributed by atoms with E-state index in [0.29, 0.717) is 0 Å². The lowest BCUT2D eigenvalue weighted by molar-refractivity contribution is 0.457. The molecule has 0 saturated carbocycles. The van der Waals surface area contributed by atoms with Crippen LogP contribution < -0.4 is 24.4 Å². The van der Waals surface area contributed by atoms with Crippen LogP contribution in [0, 0.1) is 20.8 Å². The van der Waals surface area contributed by atoms with Crippen molar-refractivity contribution in [3.63, 3.8) is 0 Å². The molecule has 0 bridgehead atoms. The van der Waals surface area contributed by atoms with Crippen LogP contribution in [-0.4, -0.2) is 0 Å². The lowest BCUT2D eigenvalue weighted by atomic mass is 9.78. The van der Waals surface area contributed by atoms with Crippen LogP contribution in [0.2, 0.25) is 0 Å². The SMILES string of the molecule is Cc1cc(Oc2c(P)ccc(-c3ccccc3)c2-c2ccc(-c3ccc(P(Oc4cc(C)c(C(C)(C)C)cc4C(C)(C)C)Oc4cc(C)c(C(C)(C)C)cc4C(C)(C)C)cc3)cc2)c(C(C)(C)C)cc1C(C)(C)C. The summed E-state index contributed by atoms with van der Waals surface area (Å²) >= 11 is 0. The number of hydrogen-bond acceptors (Lipinski definition) is 3. The summed E-state index contributed by atoms with van der Waals surface area (Å²) in [7, 11) is 1.32. The Morgan fingerprint density at radius 3 is 1.09 bits per heavy atom. The minimum Gasteiger partial charge on any atom is -0.456 e. The predicted molar refractivity (Wildman–Crippen MR) is 326 cm³/mol. The van der Waals surface area contributed by atoms with Crippen molar-refractivity contribution in [2.45, 2.75) is 178 Å². The molecular formula is C69H86O3P2. The van der Waals surface area contributed by atoms with Crippen molar-refractivity contribution in [3.05, 3.63) is 177 Å². The van der Waals surface area contributed by atoms with Crippen LogP contribution in [0.25, 0.3) is 33.4 Å². The van der Waals surface area contributed by atoms with Crippen molar-refractivity contribution in [2.75, 3.05) is 0 Å². The van der Waals surface area contributed by atoms with Crippen LogP contribution in [0.4, 0.5) is 0 Å². The fraction of sp³-hybridized carbons (Fsp3) is 0.391. The maximum Gasteiger partial charge on any atom is 0.326 e. The lowest BCUT2D eigenvalue weighted by Gasteiger charge is -2.32. The summed E-state index contributed by atoms with van der Waals surface area (Å²) in [5.74, 6) is 3.47. The molecule has 0 fully saturated rings. The fourth-order valence-electron chi connectivity index (χ4n) is 10.3. The Balaban J connectivity index is 1.33. The Morgan fingerprint density at radius 2 is 0.703 bits per heavy atom. The normalized spacial score (nSPS) is 12.9. The zero-order valence-electron chi connectivity index (χ0n) is 48.9. The molecule has 390 valence electrons. The van der Waals surface area contributed by atoms with E-state index in [1.54, 1.807) is 0 Å². The zero-order chi connectivity index (χ0) is 54.7. The summed E-state index contributed by atoms with van der Waals surface area (Å²) in [4.78, 5) is 0. The summed E-state index contributed by atoms with van der Waals surface area (Å²) in [5.41, 5.74) is 17.3. The molecule has 3 nitrogen and oxygen atoms in total. The van der Waals surface area contributed by atoms with Gasteiger partial charge in [0.1, 0.15) is 23.0 Å². The molecule has 0 aliphatic heterocycles. The van der Waals surface area contributed by atoms with Gasteiger partial charge < -0.3 is 13.8 Å². The Hall–Kier alpha value is -5.20. The molecule has 1 atom stereocenters. The quantitative estimate of drug-likeness (QED) is 0.128. The summed E-state index contributed by atoms with van der Waals surface area (Å²) in [6.45, 7) is 47.7. The molecule has 74 heavy (non-hydrogen) atoms. The molecule has 0 aromatic heterocycles. The second-order valence-electron chi connectivity index (χ2n) is 26.9. The highest BCUT2D eigenvalue weighted by Crippen LogP contribution is 2.50.